The minimum Gasteiger partial charge on any atom is -0.462 e. The maximum atomic E-state index is 6.00. The number of anilines is 3. The molecular formula is C27H29N9O2. The van der Waals surface area contributed by atoms with E-state index in [1.54, 1.807) is 18.7 Å². The van der Waals surface area contributed by atoms with Gasteiger partial charge in [-0.1, -0.05) is 0 Å². The van der Waals surface area contributed by atoms with Gasteiger partial charge in [-0.05, 0) is 62.7 Å². The molecule has 38 heavy (non-hydrogen) atoms. The average molecular weight is 512 g/mol. The van der Waals surface area contributed by atoms with Crippen molar-refractivity contribution < 1.29 is 9.47 Å². The van der Waals surface area contributed by atoms with Gasteiger partial charge >= 0.3 is 0 Å². The lowest BCUT2D eigenvalue weighted by Crippen LogP contribution is -2.17. The lowest BCUT2D eigenvalue weighted by atomic mass is 10.1. The molecule has 0 spiro atoms. The molecule has 0 radical (unpaired) electrons. The van der Waals surface area contributed by atoms with Crippen LogP contribution in [0.4, 0.5) is 23.0 Å². The van der Waals surface area contributed by atoms with Crippen molar-refractivity contribution in [2.45, 2.75) is 26.3 Å². The predicted molar refractivity (Wildman–Crippen MR) is 149 cm³/mol. The van der Waals surface area contributed by atoms with E-state index < -0.39 is 0 Å². The Kier molecular flexibility index (Phi) is 6.73. The van der Waals surface area contributed by atoms with Gasteiger partial charge in [0.15, 0.2) is 5.82 Å². The van der Waals surface area contributed by atoms with E-state index in [9.17, 15) is 0 Å². The van der Waals surface area contributed by atoms with Gasteiger partial charge < -0.3 is 25.0 Å². The average Bonchev–Trinajstić information content (AvgIpc) is 3.23. The van der Waals surface area contributed by atoms with Crippen LogP contribution < -0.4 is 15.4 Å². The maximum Gasteiger partial charge on any atom is 0.289 e. The molecule has 1 aliphatic rings. The van der Waals surface area contributed by atoms with E-state index in [1.165, 1.54) is 6.33 Å². The van der Waals surface area contributed by atoms with Gasteiger partial charge in [-0.3, -0.25) is 0 Å². The second-order valence-electron chi connectivity index (χ2n) is 9.73. The highest BCUT2D eigenvalue weighted by atomic mass is 16.5. The predicted octanol–water partition coefficient (Wildman–Crippen LogP) is 5.06. The zero-order chi connectivity index (χ0) is 26.7. The number of aliphatic imine (C=N–C) groups is 2. The Morgan fingerprint density at radius 2 is 1.76 bits per heavy atom. The van der Waals surface area contributed by atoms with Gasteiger partial charge in [0.2, 0.25) is 5.88 Å². The Morgan fingerprint density at radius 1 is 0.974 bits per heavy atom. The molecule has 0 saturated carbocycles. The summed E-state index contributed by atoms with van der Waals surface area (Å²) in [6.07, 6.45) is 4.64. The third kappa shape index (κ3) is 5.94. The molecule has 0 saturated heterocycles. The number of ether oxygens (including phenoxy) is 2. The second kappa shape index (κ2) is 10.3. The summed E-state index contributed by atoms with van der Waals surface area (Å²) < 4.78 is 11.7. The molecule has 3 heterocycles. The molecule has 2 N–H and O–H groups in total. The molecule has 11 heteroatoms. The molecule has 11 nitrogen and oxygen atoms in total. The highest BCUT2D eigenvalue weighted by Crippen LogP contribution is 2.31. The lowest BCUT2D eigenvalue weighted by Gasteiger charge is -2.13. The largest absolute Gasteiger partial charge is 0.462 e. The molecule has 4 aromatic rings. The molecule has 0 fully saturated rings. The summed E-state index contributed by atoms with van der Waals surface area (Å²) >= 11 is 0. The monoisotopic (exact) mass is 511 g/mol. The summed E-state index contributed by atoms with van der Waals surface area (Å²) in [6, 6.07) is 13.8. The van der Waals surface area contributed by atoms with Crippen LogP contribution in [0.25, 0.3) is 10.9 Å². The van der Waals surface area contributed by atoms with Gasteiger partial charge in [-0.25, -0.2) is 29.9 Å². The van der Waals surface area contributed by atoms with Gasteiger partial charge in [0.05, 0.1) is 17.4 Å². The molecule has 0 amide bonds. The van der Waals surface area contributed by atoms with E-state index in [1.807, 2.05) is 76.2 Å². The number of hydrogen-bond acceptors (Lipinski definition) is 10. The summed E-state index contributed by atoms with van der Waals surface area (Å²) in [5.41, 5.74) is 3.20. The van der Waals surface area contributed by atoms with E-state index in [0.29, 0.717) is 35.9 Å². The maximum absolute atomic E-state index is 6.00. The number of rotatable bonds is 7. The van der Waals surface area contributed by atoms with Gasteiger partial charge in [0.1, 0.15) is 30.8 Å². The number of fused-ring (bicyclic) bond motifs is 1. The number of nitrogens with zero attached hydrogens (tertiary/aromatic N) is 7. The molecule has 0 aliphatic carbocycles. The topological polar surface area (TPSA) is 122 Å². The summed E-state index contributed by atoms with van der Waals surface area (Å²) in [5, 5.41) is 7.51. The number of hydrogen-bond donors (Lipinski definition) is 2. The quantitative estimate of drug-likeness (QED) is 0.259. The van der Waals surface area contributed by atoms with Crippen LogP contribution in [0.15, 0.2) is 65.1 Å². The number of nitrogens with one attached hydrogen (secondary N) is 2. The van der Waals surface area contributed by atoms with Crippen LogP contribution in [0.1, 0.15) is 19.4 Å². The summed E-state index contributed by atoms with van der Waals surface area (Å²) in [7, 11) is 3.78. The fourth-order valence-corrected chi connectivity index (χ4v) is 3.73. The highest BCUT2D eigenvalue weighted by molar-refractivity contribution is 5.97. The van der Waals surface area contributed by atoms with Crippen molar-refractivity contribution in [3.8, 4) is 11.6 Å². The van der Waals surface area contributed by atoms with Crippen LogP contribution in [0.3, 0.4) is 0 Å². The number of benzene rings is 2. The lowest BCUT2D eigenvalue weighted by molar-refractivity contribution is 0.278. The summed E-state index contributed by atoms with van der Waals surface area (Å²) in [6.45, 7) is 6.57. The number of amidine groups is 1. The van der Waals surface area contributed by atoms with Crippen LogP contribution in [0, 0.1) is 6.92 Å². The third-order valence-electron chi connectivity index (χ3n) is 5.55. The Morgan fingerprint density at radius 3 is 2.53 bits per heavy atom. The van der Waals surface area contributed by atoms with Crippen LogP contribution in [-0.4, -0.2) is 63.4 Å². The van der Waals surface area contributed by atoms with Crippen LogP contribution >= 0.6 is 0 Å². The van der Waals surface area contributed by atoms with Gasteiger partial charge in [0, 0.05) is 36.9 Å². The molecule has 0 atom stereocenters. The fourth-order valence-electron chi connectivity index (χ4n) is 3.73. The first kappa shape index (κ1) is 24.9. The summed E-state index contributed by atoms with van der Waals surface area (Å²) in [5.74, 6) is 2.28. The first-order valence-electron chi connectivity index (χ1n) is 12.1. The second-order valence-corrected chi connectivity index (χ2v) is 9.73. The van der Waals surface area contributed by atoms with Crippen LogP contribution in [-0.2, 0) is 4.74 Å². The Bertz CT molecular complexity index is 1530. The normalized spacial score (nSPS) is 14.3. The third-order valence-corrected chi connectivity index (χ3v) is 5.55. The Labute approximate surface area is 220 Å². The summed E-state index contributed by atoms with van der Waals surface area (Å²) in [4.78, 5) is 27.9. The van der Waals surface area contributed by atoms with E-state index >= 15 is 0 Å². The van der Waals surface area contributed by atoms with Crippen molar-refractivity contribution in [1.29, 1.82) is 0 Å². The van der Waals surface area contributed by atoms with Crippen molar-refractivity contribution >= 4 is 46.3 Å². The fraction of sp³-hybridized carbons (Fsp3) is 0.259. The Hall–Kier alpha value is -4.80. The van der Waals surface area contributed by atoms with E-state index in [4.69, 9.17) is 9.47 Å². The van der Waals surface area contributed by atoms with E-state index in [-0.39, 0.29) is 5.54 Å². The first-order chi connectivity index (χ1) is 18.2. The highest BCUT2D eigenvalue weighted by Gasteiger charge is 2.26. The zero-order valence-corrected chi connectivity index (χ0v) is 21.9. The van der Waals surface area contributed by atoms with Crippen molar-refractivity contribution in [2.24, 2.45) is 9.98 Å². The SMILES string of the molecule is Cc1cc(Nc2ncnc3ccc(NC4=NC(C)(C)CO4)cc23)ccc1Oc1cc(/N=C/N(C)C)ncn1. The van der Waals surface area contributed by atoms with Crippen LogP contribution in [0.2, 0.25) is 0 Å². The van der Waals surface area contributed by atoms with Gasteiger partial charge in [0.25, 0.3) is 6.02 Å². The number of aromatic nitrogens is 4. The van der Waals surface area contributed by atoms with Crippen molar-refractivity contribution in [1.82, 2.24) is 24.8 Å². The van der Waals surface area contributed by atoms with Crippen molar-refractivity contribution in [3.63, 3.8) is 0 Å². The minimum absolute atomic E-state index is 0.238. The molecule has 2 aromatic heterocycles. The van der Waals surface area contributed by atoms with Crippen LogP contribution in [0.5, 0.6) is 11.6 Å². The minimum atomic E-state index is -0.238. The smallest absolute Gasteiger partial charge is 0.289 e. The Balaban J connectivity index is 1.34. The van der Waals surface area contributed by atoms with E-state index in [2.05, 4.69) is 40.6 Å². The van der Waals surface area contributed by atoms with Crippen molar-refractivity contribution in [3.05, 3.63) is 60.7 Å². The molecule has 2 aromatic carbocycles. The molecular weight excluding hydrogens is 482 g/mol. The first-order valence-corrected chi connectivity index (χ1v) is 12.1. The molecule has 0 unspecified atom stereocenters. The molecule has 1 aliphatic heterocycles. The van der Waals surface area contributed by atoms with Gasteiger partial charge in [-0.2, -0.15) is 0 Å². The molecule has 5 rings (SSSR count). The zero-order valence-electron chi connectivity index (χ0n) is 21.9. The standard InChI is InChI=1S/C27H29N9O2/c1-17-10-18(7-9-22(17)38-24-12-23(29-15-30-24)32-16-36(4)5)33-25-20-11-19(6-8-21(20)28-14-31-25)34-26-35-27(2,3)13-37-26/h6-12,14-16H,13H2,1-5H3,(H,34,35)(H,28,31,33)/b32-16+. The number of aryl methyl sites for hydroxylation is 1. The van der Waals surface area contributed by atoms with E-state index in [0.717, 1.165) is 27.8 Å². The van der Waals surface area contributed by atoms with Crippen molar-refractivity contribution in [2.75, 3.05) is 31.3 Å². The molecule has 194 valence electrons. The van der Waals surface area contributed by atoms with Gasteiger partial charge in [-0.15, -0.1) is 0 Å². The molecule has 0 bridgehead atoms.